The van der Waals surface area contributed by atoms with Crippen LogP contribution >= 0.6 is 0 Å². The standard InChI is InChI=1S/C11H17F3N2O2/c1-2-3-9(17)15-16-5-4-8(6-10(16)18)7-11(12,13)14/h8H,2-7H2,1H3,(H,15,17). The molecule has 1 unspecified atom stereocenters. The molecule has 1 fully saturated rings. The molecule has 1 heterocycles. The van der Waals surface area contributed by atoms with Crippen LogP contribution in [-0.4, -0.2) is 29.5 Å². The Morgan fingerprint density at radius 3 is 2.67 bits per heavy atom. The first-order valence-corrected chi connectivity index (χ1v) is 5.98. The third kappa shape index (κ3) is 4.93. The summed E-state index contributed by atoms with van der Waals surface area (Å²) in [4.78, 5) is 22.9. The molecule has 104 valence electrons. The van der Waals surface area contributed by atoms with E-state index in [1.807, 2.05) is 6.92 Å². The number of carbonyl (C=O) groups is 2. The SMILES string of the molecule is CCCC(=O)NN1CCC(CC(F)(F)F)CC1=O. The van der Waals surface area contributed by atoms with Gasteiger partial charge < -0.3 is 0 Å². The zero-order valence-electron chi connectivity index (χ0n) is 10.2. The lowest BCUT2D eigenvalue weighted by atomic mass is 9.93. The lowest BCUT2D eigenvalue weighted by Gasteiger charge is -2.32. The number of nitrogens with one attached hydrogen (secondary N) is 1. The van der Waals surface area contributed by atoms with E-state index in [1.54, 1.807) is 0 Å². The molecule has 1 atom stereocenters. The van der Waals surface area contributed by atoms with Crippen LogP contribution in [0.1, 0.15) is 39.0 Å². The summed E-state index contributed by atoms with van der Waals surface area (Å²) in [7, 11) is 0. The number of halogens is 3. The van der Waals surface area contributed by atoms with Gasteiger partial charge in [0.2, 0.25) is 11.8 Å². The minimum absolute atomic E-state index is 0.148. The largest absolute Gasteiger partial charge is 0.389 e. The predicted molar refractivity (Wildman–Crippen MR) is 58.2 cm³/mol. The minimum atomic E-state index is -4.24. The summed E-state index contributed by atoms with van der Waals surface area (Å²) in [5, 5.41) is 1.13. The van der Waals surface area contributed by atoms with Gasteiger partial charge in [-0.25, -0.2) is 0 Å². The molecule has 0 bridgehead atoms. The quantitative estimate of drug-likeness (QED) is 0.846. The third-order valence-electron chi connectivity index (χ3n) is 2.78. The van der Waals surface area contributed by atoms with Gasteiger partial charge in [-0.2, -0.15) is 13.2 Å². The van der Waals surface area contributed by atoms with E-state index in [0.717, 1.165) is 5.01 Å². The van der Waals surface area contributed by atoms with Crippen molar-refractivity contribution < 1.29 is 22.8 Å². The van der Waals surface area contributed by atoms with Crippen molar-refractivity contribution in [2.45, 2.75) is 45.2 Å². The number of hydrogen-bond acceptors (Lipinski definition) is 2. The summed E-state index contributed by atoms with van der Waals surface area (Å²) in [6, 6.07) is 0. The average molecular weight is 266 g/mol. The maximum Gasteiger partial charge on any atom is 0.389 e. The molecule has 1 rings (SSSR count). The van der Waals surface area contributed by atoms with Gasteiger partial charge in [-0.15, -0.1) is 0 Å². The summed E-state index contributed by atoms with van der Waals surface area (Å²) in [6.07, 6.45) is -4.11. The number of nitrogens with zero attached hydrogens (tertiary/aromatic N) is 1. The smallest absolute Gasteiger partial charge is 0.273 e. The summed E-state index contributed by atoms with van der Waals surface area (Å²) in [5.41, 5.74) is 2.42. The van der Waals surface area contributed by atoms with E-state index < -0.39 is 24.4 Å². The van der Waals surface area contributed by atoms with E-state index in [1.165, 1.54) is 0 Å². The van der Waals surface area contributed by atoms with Crippen LogP contribution in [0.15, 0.2) is 0 Å². The Kier molecular flexibility index (Phi) is 4.98. The number of rotatable bonds is 4. The van der Waals surface area contributed by atoms with Gasteiger partial charge in [-0.05, 0) is 18.8 Å². The molecule has 0 aromatic carbocycles. The van der Waals surface area contributed by atoms with Crippen LogP contribution in [0.25, 0.3) is 0 Å². The summed E-state index contributed by atoms with van der Waals surface area (Å²) < 4.78 is 36.5. The second-order valence-electron chi connectivity index (χ2n) is 4.51. The van der Waals surface area contributed by atoms with Gasteiger partial charge in [-0.1, -0.05) is 6.92 Å². The fourth-order valence-corrected chi connectivity index (χ4v) is 1.95. The van der Waals surface area contributed by atoms with Gasteiger partial charge in [0, 0.05) is 25.8 Å². The second-order valence-corrected chi connectivity index (χ2v) is 4.51. The zero-order valence-corrected chi connectivity index (χ0v) is 10.2. The van der Waals surface area contributed by atoms with Gasteiger partial charge in [0.25, 0.3) is 0 Å². The second kappa shape index (κ2) is 6.06. The van der Waals surface area contributed by atoms with E-state index in [4.69, 9.17) is 0 Å². The van der Waals surface area contributed by atoms with Crippen LogP contribution in [-0.2, 0) is 9.59 Å². The highest BCUT2D eigenvalue weighted by atomic mass is 19.4. The number of alkyl halides is 3. The van der Waals surface area contributed by atoms with Crippen LogP contribution in [0.3, 0.4) is 0 Å². The van der Waals surface area contributed by atoms with Crippen molar-refractivity contribution in [3.8, 4) is 0 Å². The number of amides is 2. The van der Waals surface area contributed by atoms with Crippen LogP contribution in [0, 0.1) is 5.92 Å². The van der Waals surface area contributed by atoms with Gasteiger partial charge in [0.15, 0.2) is 0 Å². The molecule has 0 radical (unpaired) electrons. The van der Waals surface area contributed by atoms with Crippen molar-refractivity contribution in [2.75, 3.05) is 6.54 Å². The van der Waals surface area contributed by atoms with Gasteiger partial charge in [0.1, 0.15) is 0 Å². The van der Waals surface area contributed by atoms with Crippen molar-refractivity contribution in [1.82, 2.24) is 10.4 Å². The molecule has 1 aliphatic heterocycles. The van der Waals surface area contributed by atoms with Crippen molar-refractivity contribution in [1.29, 1.82) is 0 Å². The molecule has 1 saturated heterocycles. The van der Waals surface area contributed by atoms with Crippen LogP contribution in [0.2, 0.25) is 0 Å². The third-order valence-corrected chi connectivity index (χ3v) is 2.78. The maximum absolute atomic E-state index is 12.2. The van der Waals surface area contributed by atoms with E-state index in [0.29, 0.717) is 12.8 Å². The van der Waals surface area contributed by atoms with Crippen molar-refractivity contribution in [2.24, 2.45) is 5.92 Å². The fraction of sp³-hybridized carbons (Fsp3) is 0.818. The number of piperidine rings is 1. The number of carbonyl (C=O) groups excluding carboxylic acids is 2. The number of hydrazine groups is 1. The van der Waals surface area contributed by atoms with E-state index in [-0.39, 0.29) is 25.3 Å². The van der Waals surface area contributed by atoms with E-state index >= 15 is 0 Å². The molecule has 1 aliphatic rings. The Hall–Kier alpha value is -1.27. The molecule has 0 aromatic rings. The lowest BCUT2D eigenvalue weighted by Crippen LogP contribution is -2.50. The molecule has 18 heavy (non-hydrogen) atoms. The molecule has 0 aromatic heterocycles. The molecule has 4 nitrogen and oxygen atoms in total. The summed E-state index contributed by atoms with van der Waals surface area (Å²) >= 11 is 0. The first-order chi connectivity index (χ1) is 8.31. The monoisotopic (exact) mass is 266 g/mol. The summed E-state index contributed by atoms with van der Waals surface area (Å²) in [5.74, 6) is -1.39. The Morgan fingerprint density at radius 1 is 1.50 bits per heavy atom. The minimum Gasteiger partial charge on any atom is -0.273 e. The average Bonchev–Trinajstić information content (AvgIpc) is 2.20. The molecular weight excluding hydrogens is 249 g/mol. The Morgan fingerprint density at radius 2 is 2.17 bits per heavy atom. The Balaban J connectivity index is 2.42. The van der Waals surface area contributed by atoms with Gasteiger partial charge in [-0.3, -0.25) is 20.0 Å². The molecule has 7 heteroatoms. The maximum atomic E-state index is 12.2. The molecule has 0 saturated carbocycles. The first kappa shape index (κ1) is 14.8. The highest BCUT2D eigenvalue weighted by Crippen LogP contribution is 2.30. The molecule has 0 aliphatic carbocycles. The van der Waals surface area contributed by atoms with Gasteiger partial charge >= 0.3 is 6.18 Å². The normalized spacial score (nSPS) is 21.0. The fourth-order valence-electron chi connectivity index (χ4n) is 1.95. The van der Waals surface area contributed by atoms with E-state index in [2.05, 4.69) is 5.43 Å². The van der Waals surface area contributed by atoms with Crippen molar-refractivity contribution in [3.63, 3.8) is 0 Å². The first-order valence-electron chi connectivity index (χ1n) is 5.98. The Bertz CT molecular complexity index is 318. The van der Waals surface area contributed by atoms with Crippen LogP contribution < -0.4 is 5.43 Å². The van der Waals surface area contributed by atoms with Gasteiger partial charge in [0.05, 0.1) is 0 Å². The predicted octanol–water partition coefficient (Wildman–Crippen LogP) is 2.01. The highest BCUT2D eigenvalue weighted by molar-refractivity contribution is 5.82. The van der Waals surface area contributed by atoms with E-state index in [9.17, 15) is 22.8 Å². The Labute approximate surface area is 103 Å². The van der Waals surface area contributed by atoms with Crippen LogP contribution in [0.4, 0.5) is 13.2 Å². The zero-order chi connectivity index (χ0) is 13.8. The highest BCUT2D eigenvalue weighted by Gasteiger charge is 2.36. The lowest BCUT2D eigenvalue weighted by molar-refractivity contribution is -0.157. The van der Waals surface area contributed by atoms with Crippen molar-refractivity contribution in [3.05, 3.63) is 0 Å². The topological polar surface area (TPSA) is 49.4 Å². The van der Waals surface area contributed by atoms with Crippen molar-refractivity contribution >= 4 is 11.8 Å². The molecular formula is C11H17F3N2O2. The molecule has 2 amide bonds. The number of hydrogen-bond donors (Lipinski definition) is 1. The summed E-state index contributed by atoms with van der Waals surface area (Å²) in [6.45, 7) is 1.98. The van der Waals surface area contributed by atoms with Crippen LogP contribution in [0.5, 0.6) is 0 Å². The molecule has 0 spiro atoms. The molecule has 1 N–H and O–H groups in total.